The van der Waals surface area contributed by atoms with Crippen molar-refractivity contribution < 1.29 is 14.4 Å². The fraction of sp³-hybridized carbons (Fsp3) is 0.375. The third kappa shape index (κ3) is 4.84. The van der Waals surface area contributed by atoms with Crippen LogP contribution in [0.5, 0.6) is 0 Å². The maximum absolute atomic E-state index is 13.1. The number of nitrogens with one attached hydrogen (secondary N) is 2. The molecule has 1 saturated heterocycles. The molecule has 4 rings (SSSR count). The average molecular weight is 421 g/mol. The second-order valence-electron chi connectivity index (χ2n) is 8.27. The molecule has 2 heterocycles. The van der Waals surface area contributed by atoms with Crippen LogP contribution in [-0.4, -0.2) is 41.2 Å². The Kier molecular flexibility index (Phi) is 6.44. The number of nitrogens with two attached hydrogens (primary N) is 1. The minimum Gasteiger partial charge on any atom is -0.327 e. The van der Waals surface area contributed by atoms with Crippen molar-refractivity contribution in [3.8, 4) is 0 Å². The highest BCUT2D eigenvalue weighted by molar-refractivity contribution is 6.05. The summed E-state index contributed by atoms with van der Waals surface area (Å²) in [6.07, 6.45) is 2.30. The highest BCUT2D eigenvalue weighted by Gasteiger charge is 2.39. The molecule has 0 bridgehead atoms. The molecule has 0 aromatic heterocycles. The van der Waals surface area contributed by atoms with Gasteiger partial charge < -0.3 is 16.0 Å². The van der Waals surface area contributed by atoms with E-state index in [-0.39, 0.29) is 30.2 Å². The van der Waals surface area contributed by atoms with E-state index in [1.54, 1.807) is 4.90 Å². The zero-order valence-electron chi connectivity index (χ0n) is 17.5. The fourth-order valence-corrected chi connectivity index (χ4v) is 4.37. The van der Waals surface area contributed by atoms with Crippen LogP contribution in [-0.2, 0) is 29.1 Å². The normalized spacial score (nSPS) is 19.3. The number of carbonyl (C=O) groups is 3. The number of imide groups is 1. The molecule has 0 radical (unpaired) electrons. The van der Waals surface area contributed by atoms with Crippen molar-refractivity contribution in [3.05, 3.63) is 70.8 Å². The van der Waals surface area contributed by atoms with Crippen LogP contribution >= 0.6 is 0 Å². The molecule has 4 N–H and O–H groups in total. The topological polar surface area (TPSA) is 105 Å². The number of benzene rings is 2. The van der Waals surface area contributed by atoms with E-state index < -0.39 is 6.04 Å². The molecule has 2 atom stereocenters. The monoisotopic (exact) mass is 420 g/mol. The summed E-state index contributed by atoms with van der Waals surface area (Å²) in [5.41, 5.74) is 10.0. The standard InChI is InChI=1S/C24H28N4O3/c25-19(13-16-5-2-1-3-6-16)11-12-26-14-17-7-4-8-18-15-28(24(31)22(17)18)20-9-10-21(29)27-23(20)30/h1-8,19-20,26H,9-15,25H2,(H,27,29,30). The molecule has 2 aliphatic heterocycles. The van der Waals surface area contributed by atoms with Crippen molar-refractivity contribution in [2.24, 2.45) is 5.73 Å². The molecule has 2 unspecified atom stereocenters. The Balaban J connectivity index is 1.33. The van der Waals surface area contributed by atoms with Gasteiger partial charge in [0, 0.05) is 31.1 Å². The highest BCUT2D eigenvalue weighted by Crippen LogP contribution is 2.29. The second kappa shape index (κ2) is 9.41. The van der Waals surface area contributed by atoms with Gasteiger partial charge in [0.15, 0.2) is 0 Å². The van der Waals surface area contributed by atoms with E-state index in [1.165, 1.54) is 5.56 Å². The van der Waals surface area contributed by atoms with E-state index >= 15 is 0 Å². The summed E-state index contributed by atoms with van der Waals surface area (Å²) in [5, 5.41) is 5.74. The lowest BCUT2D eigenvalue weighted by Crippen LogP contribution is -2.52. The number of hydrogen-bond donors (Lipinski definition) is 3. The first-order chi connectivity index (χ1) is 15.0. The summed E-state index contributed by atoms with van der Waals surface area (Å²) in [6, 6.07) is 15.5. The Bertz CT molecular complexity index is 976. The van der Waals surface area contributed by atoms with E-state index in [0.717, 1.165) is 30.5 Å². The summed E-state index contributed by atoms with van der Waals surface area (Å²) in [6.45, 7) is 1.72. The number of amides is 3. The van der Waals surface area contributed by atoms with Gasteiger partial charge in [-0.25, -0.2) is 0 Å². The van der Waals surface area contributed by atoms with Crippen molar-refractivity contribution in [1.29, 1.82) is 0 Å². The number of fused-ring (bicyclic) bond motifs is 1. The maximum atomic E-state index is 13.1. The largest absolute Gasteiger partial charge is 0.327 e. The smallest absolute Gasteiger partial charge is 0.255 e. The quantitative estimate of drug-likeness (QED) is 0.443. The molecule has 3 amide bonds. The molecule has 0 saturated carbocycles. The van der Waals surface area contributed by atoms with Crippen molar-refractivity contribution in [3.63, 3.8) is 0 Å². The predicted molar refractivity (Wildman–Crippen MR) is 117 cm³/mol. The van der Waals surface area contributed by atoms with E-state index in [0.29, 0.717) is 25.1 Å². The summed E-state index contributed by atoms with van der Waals surface area (Å²) < 4.78 is 0. The third-order valence-corrected chi connectivity index (χ3v) is 5.99. The molecule has 7 heteroatoms. The Morgan fingerprint density at radius 1 is 1.10 bits per heavy atom. The number of nitrogens with zero attached hydrogens (tertiary/aromatic N) is 1. The number of carbonyl (C=O) groups excluding carboxylic acids is 3. The Morgan fingerprint density at radius 3 is 2.68 bits per heavy atom. The first-order valence-corrected chi connectivity index (χ1v) is 10.8. The van der Waals surface area contributed by atoms with Gasteiger partial charge in [-0.1, -0.05) is 48.5 Å². The number of rotatable bonds is 8. The van der Waals surface area contributed by atoms with E-state index in [9.17, 15) is 14.4 Å². The van der Waals surface area contributed by atoms with Crippen LogP contribution in [0.3, 0.4) is 0 Å². The minimum atomic E-state index is -0.589. The fourth-order valence-electron chi connectivity index (χ4n) is 4.37. The van der Waals surface area contributed by atoms with Crippen LogP contribution in [0.1, 0.15) is 46.3 Å². The van der Waals surface area contributed by atoms with Crippen LogP contribution in [0.25, 0.3) is 0 Å². The van der Waals surface area contributed by atoms with Gasteiger partial charge in [0.2, 0.25) is 11.8 Å². The van der Waals surface area contributed by atoms with Gasteiger partial charge in [-0.15, -0.1) is 0 Å². The lowest BCUT2D eigenvalue weighted by atomic mass is 10.0. The molecule has 1 fully saturated rings. The van der Waals surface area contributed by atoms with Gasteiger partial charge in [-0.2, -0.15) is 0 Å². The molecule has 2 aliphatic rings. The molecule has 31 heavy (non-hydrogen) atoms. The first-order valence-electron chi connectivity index (χ1n) is 10.8. The molecule has 0 spiro atoms. The summed E-state index contributed by atoms with van der Waals surface area (Å²) >= 11 is 0. The van der Waals surface area contributed by atoms with Crippen LogP contribution < -0.4 is 16.4 Å². The van der Waals surface area contributed by atoms with Gasteiger partial charge in [0.25, 0.3) is 5.91 Å². The zero-order chi connectivity index (χ0) is 21.8. The first kappa shape index (κ1) is 21.2. The van der Waals surface area contributed by atoms with Crippen molar-refractivity contribution in [2.75, 3.05) is 6.54 Å². The summed E-state index contributed by atoms with van der Waals surface area (Å²) in [4.78, 5) is 38.4. The summed E-state index contributed by atoms with van der Waals surface area (Å²) in [5.74, 6) is -0.798. The van der Waals surface area contributed by atoms with Crippen LogP contribution in [0.15, 0.2) is 48.5 Å². The van der Waals surface area contributed by atoms with Crippen molar-refractivity contribution >= 4 is 17.7 Å². The Hall–Kier alpha value is -3.03. The molecule has 7 nitrogen and oxygen atoms in total. The van der Waals surface area contributed by atoms with Gasteiger partial charge in [-0.3, -0.25) is 19.7 Å². The van der Waals surface area contributed by atoms with Crippen molar-refractivity contribution in [2.45, 2.75) is 50.9 Å². The molecule has 2 aromatic rings. The lowest BCUT2D eigenvalue weighted by molar-refractivity contribution is -0.136. The summed E-state index contributed by atoms with van der Waals surface area (Å²) in [7, 11) is 0. The second-order valence-corrected chi connectivity index (χ2v) is 8.27. The van der Waals surface area contributed by atoms with Crippen molar-refractivity contribution in [1.82, 2.24) is 15.5 Å². The van der Waals surface area contributed by atoms with Gasteiger partial charge in [-0.05, 0) is 42.5 Å². The lowest BCUT2D eigenvalue weighted by Gasteiger charge is -2.29. The average Bonchev–Trinajstić information content (AvgIpc) is 3.09. The van der Waals surface area contributed by atoms with E-state index in [2.05, 4.69) is 22.8 Å². The maximum Gasteiger partial charge on any atom is 0.255 e. The van der Waals surface area contributed by atoms with Gasteiger partial charge in [0.05, 0.1) is 0 Å². The third-order valence-electron chi connectivity index (χ3n) is 5.99. The SMILES string of the molecule is NC(CCNCc1cccc2c1C(=O)N(C1CCC(=O)NC1=O)C2)Cc1ccccc1. The Morgan fingerprint density at radius 2 is 1.90 bits per heavy atom. The number of hydrogen-bond acceptors (Lipinski definition) is 5. The zero-order valence-corrected chi connectivity index (χ0v) is 17.5. The van der Waals surface area contributed by atoms with Crippen LogP contribution in [0.4, 0.5) is 0 Å². The predicted octanol–water partition coefficient (Wildman–Crippen LogP) is 1.50. The van der Waals surface area contributed by atoms with Gasteiger partial charge >= 0.3 is 0 Å². The van der Waals surface area contributed by atoms with Crippen LogP contribution in [0, 0.1) is 0 Å². The molecular weight excluding hydrogens is 392 g/mol. The molecule has 0 aliphatic carbocycles. The Labute approximate surface area is 182 Å². The minimum absolute atomic E-state index is 0.0704. The molecular formula is C24H28N4O3. The van der Waals surface area contributed by atoms with E-state index in [1.807, 2.05) is 36.4 Å². The molecule has 162 valence electrons. The van der Waals surface area contributed by atoms with Crippen LogP contribution in [0.2, 0.25) is 0 Å². The highest BCUT2D eigenvalue weighted by atomic mass is 16.2. The van der Waals surface area contributed by atoms with Gasteiger partial charge in [0.1, 0.15) is 6.04 Å². The van der Waals surface area contributed by atoms with E-state index in [4.69, 9.17) is 5.73 Å². The number of piperidine rings is 1. The molecule has 2 aromatic carbocycles.